The smallest absolute Gasteiger partial charge is 0.135 e. The first-order chi connectivity index (χ1) is 9.06. The van der Waals surface area contributed by atoms with Crippen LogP contribution in [-0.2, 0) is 6.54 Å². The van der Waals surface area contributed by atoms with Gasteiger partial charge in [-0.25, -0.2) is 0 Å². The standard InChI is InChI=1S/C12H17ClN4OS/c1-4-5-17-10(8(13)6-14-17)11(18)12-9(7(2)3)15-16-19-12/h6-7,11,18H,4-5H2,1-3H3. The lowest BCUT2D eigenvalue weighted by Crippen LogP contribution is -2.11. The van der Waals surface area contributed by atoms with Crippen molar-refractivity contribution in [1.29, 1.82) is 0 Å². The Morgan fingerprint density at radius 3 is 2.84 bits per heavy atom. The molecule has 104 valence electrons. The predicted octanol–water partition coefficient (Wildman–Crippen LogP) is 3.00. The lowest BCUT2D eigenvalue weighted by Gasteiger charge is -2.14. The molecule has 19 heavy (non-hydrogen) atoms. The molecule has 1 unspecified atom stereocenters. The lowest BCUT2D eigenvalue weighted by atomic mass is 10.1. The summed E-state index contributed by atoms with van der Waals surface area (Å²) < 4.78 is 5.69. The van der Waals surface area contributed by atoms with Gasteiger partial charge in [0.15, 0.2) is 0 Å². The minimum atomic E-state index is -0.820. The number of aliphatic hydroxyl groups excluding tert-OH is 1. The summed E-state index contributed by atoms with van der Waals surface area (Å²) in [4.78, 5) is 0.745. The van der Waals surface area contributed by atoms with Gasteiger partial charge in [0, 0.05) is 6.54 Å². The van der Waals surface area contributed by atoms with Gasteiger partial charge in [0.1, 0.15) is 6.10 Å². The Balaban J connectivity index is 2.41. The second-order valence-electron chi connectivity index (χ2n) is 4.68. The summed E-state index contributed by atoms with van der Waals surface area (Å²) in [5.74, 6) is 0.213. The molecule has 0 saturated heterocycles. The Kier molecular flexibility index (Phi) is 4.54. The minimum absolute atomic E-state index is 0.213. The maximum atomic E-state index is 10.6. The molecular formula is C12H17ClN4OS. The lowest BCUT2D eigenvalue weighted by molar-refractivity contribution is 0.209. The fraction of sp³-hybridized carbons (Fsp3) is 0.583. The predicted molar refractivity (Wildman–Crippen MR) is 75.6 cm³/mol. The number of aromatic nitrogens is 4. The zero-order valence-electron chi connectivity index (χ0n) is 11.2. The molecule has 0 bridgehead atoms. The van der Waals surface area contributed by atoms with E-state index in [4.69, 9.17) is 11.6 Å². The van der Waals surface area contributed by atoms with E-state index in [1.807, 2.05) is 13.8 Å². The van der Waals surface area contributed by atoms with Gasteiger partial charge in [0.2, 0.25) is 0 Å². The second kappa shape index (κ2) is 5.98. The first kappa shape index (κ1) is 14.4. The molecule has 1 atom stereocenters. The van der Waals surface area contributed by atoms with Crippen LogP contribution in [0.2, 0.25) is 5.02 Å². The highest BCUT2D eigenvalue weighted by Gasteiger charge is 2.25. The number of halogens is 1. The fourth-order valence-corrected chi connectivity index (χ4v) is 3.00. The molecule has 0 fully saturated rings. The van der Waals surface area contributed by atoms with E-state index in [9.17, 15) is 5.11 Å². The summed E-state index contributed by atoms with van der Waals surface area (Å²) in [5, 5.41) is 19.3. The quantitative estimate of drug-likeness (QED) is 0.922. The molecule has 0 aromatic carbocycles. The molecule has 2 rings (SSSR count). The molecule has 2 heterocycles. The normalized spacial score (nSPS) is 13.2. The summed E-state index contributed by atoms with van der Waals surface area (Å²) in [5.41, 5.74) is 1.44. The molecule has 0 amide bonds. The Bertz CT molecular complexity index is 552. The van der Waals surface area contributed by atoms with Gasteiger partial charge in [-0.1, -0.05) is 36.9 Å². The number of rotatable bonds is 5. The van der Waals surface area contributed by atoms with Crippen LogP contribution in [0, 0.1) is 0 Å². The molecule has 0 radical (unpaired) electrons. The van der Waals surface area contributed by atoms with Gasteiger partial charge in [-0.05, 0) is 23.9 Å². The van der Waals surface area contributed by atoms with Gasteiger partial charge in [-0.2, -0.15) is 5.10 Å². The van der Waals surface area contributed by atoms with Crippen molar-refractivity contribution in [2.75, 3.05) is 0 Å². The molecule has 1 N–H and O–H groups in total. The van der Waals surface area contributed by atoms with Crippen LogP contribution in [-0.4, -0.2) is 24.5 Å². The zero-order chi connectivity index (χ0) is 14.0. The van der Waals surface area contributed by atoms with Gasteiger partial charge >= 0.3 is 0 Å². The van der Waals surface area contributed by atoms with Crippen LogP contribution in [0.3, 0.4) is 0 Å². The van der Waals surface area contributed by atoms with Crippen LogP contribution in [0.5, 0.6) is 0 Å². The highest BCUT2D eigenvalue weighted by atomic mass is 35.5. The monoisotopic (exact) mass is 300 g/mol. The fourth-order valence-electron chi connectivity index (χ4n) is 1.95. The Morgan fingerprint density at radius 1 is 1.47 bits per heavy atom. The van der Waals surface area contributed by atoms with Gasteiger partial charge in [0.05, 0.1) is 27.5 Å². The molecule has 0 aliphatic rings. The van der Waals surface area contributed by atoms with Crippen molar-refractivity contribution in [3.8, 4) is 0 Å². The average molecular weight is 301 g/mol. The molecule has 0 saturated carbocycles. The molecule has 0 spiro atoms. The molecule has 5 nitrogen and oxygen atoms in total. The Labute approximate surface area is 121 Å². The van der Waals surface area contributed by atoms with Crippen molar-refractivity contribution in [1.82, 2.24) is 19.4 Å². The third-order valence-corrected chi connectivity index (χ3v) is 3.95. The summed E-state index contributed by atoms with van der Waals surface area (Å²) in [6.45, 7) is 6.83. The van der Waals surface area contributed by atoms with Gasteiger partial charge in [-0.3, -0.25) is 4.68 Å². The second-order valence-corrected chi connectivity index (χ2v) is 5.87. The van der Waals surface area contributed by atoms with Crippen LogP contribution < -0.4 is 0 Å². The van der Waals surface area contributed by atoms with Crippen LogP contribution in [0.15, 0.2) is 6.20 Å². The van der Waals surface area contributed by atoms with Crippen molar-refractivity contribution in [3.63, 3.8) is 0 Å². The molecule has 0 aliphatic heterocycles. The number of aliphatic hydroxyl groups is 1. The summed E-state index contributed by atoms with van der Waals surface area (Å²) in [6, 6.07) is 0. The van der Waals surface area contributed by atoms with Crippen molar-refractivity contribution < 1.29 is 5.11 Å². The number of hydrogen-bond acceptors (Lipinski definition) is 5. The largest absolute Gasteiger partial charge is 0.381 e. The van der Waals surface area contributed by atoms with Gasteiger partial charge in [0.25, 0.3) is 0 Å². The zero-order valence-corrected chi connectivity index (χ0v) is 12.7. The number of hydrogen-bond donors (Lipinski definition) is 1. The highest BCUT2D eigenvalue weighted by molar-refractivity contribution is 7.05. The third kappa shape index (κ3) is 2.80. The van der Waals surface area contributed by atoms with Crippen molar-refractivity contribution >= 4 is 23.1 Å². The Morgan fingerprint density at radius 2 is 2.21 bits per heavy atom. The molecule has 2 aromatic rings. The maximum Gasteiger partial charge on any atom is 0.135 e. The summed E-state index contributed by atoms with van der Waals surface area (Å²) in [6.07, 6.45) is 1.67. The third-order valence-electron chi connectivity index (χ3n) is 2.86. The van der Waals surface area contributed by atoms with E-state index in [1.54, 1.807) is 10.9 Å². The van der Waals surface area contributed by atoms with Crippen molar-refractivity contribution in [2.24, 2.45) is 0 Å². The first-order valence-electron chi connectivity index (χ1n) is 6.27. The van der Waals surface area contributed by atoms with Gasteiger partial charge < -0.3 is 5.11 Å². The van der Waals surface area contributed by atoms with Crippen LogP contribution in [0.25, 0.3) is 0 Å². The molecule has 2 aromatic heterocycles. The van der Waals surface area contributed by atoms with E-state index >= 15 is 0 Å². The van der Waals surface area contributed by atoms with Crippen LogP contribution >= 0.6 is 23.1 Å². The maximum absolute atomic E-state index is 10.6. The topological polar surface area (TPSA) is 63.8 Å². The minimum Gasteiger partial charge on any atom is -0.381 e. The van der Waals surface area contributed by atoms with E-state index in [0.717, 1.165) is 23.5 Å². The van der Waals surface area contributed by atoms with E-state index < -0.39 is 6.10 Å². The van der Waals surface area contributed by atoms with E-state index in [1.165, 1.54) is 11.5 Å². The van der Waals surface area contributed by atoms with Crippen molar-refractivity contribution in [2.45, 2.75) is 45.8 Å². The van der Waals surface area contributed by atoms with Crippen LogP contribution in [0.1, 0.15) is 55.5 Å². The van der Waals surface area contributed by atoms with Crippen LogP contribution in [0.4, 0.5) is 0 Å². The van der Waals surface area contributed by atoms with Crippen molar-refractivity contribution in [3.05, 3.63) is 27.5 Å². The highest BCUT2D eigenvalue weighted by Crippen LogP contribution is 2.33. The van der Waals surface area contributed by atoms with Gasteiger partial charge in [-0.15, -0.1) is 5.10 Å². The average Bonchev–Trinajstić information content (AvgIpc) is 2.96. The molecule has 0 aliphatic carbocycles. The molecular weight excluding hydrogens is 284 g/mol. The molecule has 7 heteroatoms. The Hall–Kier alpha value is -0.980. The number of aryl methyl sites for hydroxylation is 1. The SMILES string of the molecule is CCCn1ncc(Cl)c1C(O)c1snnc1C(C)C. The first-order valence-corrected chi connectivity index (χ1v) is 7.42. The van der Waals surface area contributed by atoms with E-state index in [0.29, 0.717) is 10.7 Å². The van der Waals surface area contributed by atoms with E-state index in [-0.39, 0.29) is 5.92 Å². The summed E-state index contributed by atoms with van der Waals surface area (Å²) >= 11 is 7.35. The number of nitrogens with zero attached hydrogens (tertiary/aromatic N) is 4. The summed E-state index contributed by atoms with van der Waals surface area (Å²) in [7, 11) is 0. The van der Waals surface area contributed by atoms with E-state index in [2.05, 4.69) is 21.6 Å².